The second-order valence-electron chi connectivity index (χ2n) is 5.25. The number of nitrogens with one attached hydrogen (secondary N) is 1. The molecule has 0 saturated heterocycles. The molecule has 0 aromatic heterocycles. The van der Waals surface area contributed by atoms with Crippen molar-refractivity contribution >= 4 is 28.5 Å². The fourth-order valence-electron chi connectivity index (χ4n) is 2.79. The van der Waals surface area contributed by atoms with Crippen LogP contribution in [0.1, 0.15) is 25.3 Å². The van der Waals surface area contributed by atoms with E-state index in [0.29, 0.717) is 17.0 Å². The van der Waals surface area contributed by atoms with Gasteiger partial charge in [-0.3, -0.25) is 14.9 Å². The molecule has 2 rings (SSSR count). The Morgan fingerprint density at radius 1 is 1.25 bits per heavy atom. The van der Waals surface area contributed by atoms with Crippen molar-refractivity contribution in [2.45, 2.75) is 19.8 Å². The molecule has 0 spiro atoms. The average Bonchev–Trinajstić information content (AvgIpc) is 2.53. The SMILES string of the molecule is COC(=O)C1=C(C)NC(C)=C(C(=O)Cl)[C@H]1c1cccc([N+](=O)[O-])c1. The molecule has 0 amide bonds. The summed E-state index contributed by atoms with van der Waals surface area (Å²) in [7, 11) is 1.22. The molecule has 1 aliphatic heterocycles. The summed E-state index contributed by atoms with van der Waals surface area (Å²) in [6.45, 7) is 3.31. The number of nitro groups is 1. The quantitative estimate of drug-likeness (QED) is 0.388. The Hall–Kier alpha value is -2.67. The molecule has 1 aromatic rings. The highest BCUT2D eigenvalue weighted by molar-refractivity contribution is 6.68. The lowest BCUT2D eigenvalue weighted by Gasteiger charge is -2.29. The van der Waals surface area contributed by atoms with Crippen LogP contribution in [0.15, 0.2) is 46.8 Å². The van der Waals surface area contributed by atoms with Crippen LogP contribution in [0.2, 0.25) is 0 Å². The summed E-state index contributed by atoms with van der Waals surface area (Å²) in [6, 6.07) is 5.74. The van der Waals surface area contributed by atoms with E-state index in [4.69, 9.17) is 16.3 Å². The second-order valence-corrected chi connectivity index (χ2v) is 5.60. The molecular formula is C16H15ClN2O5. The number of halogens is 1. The molecule has 0 bridgehead atoms. The van der Waals surface area contributed by atoms with Gasteiger partial charge in [-0.05, 0) is 31.0 Å². The number of hydrogen-bond acceptors (Lipinski definition) is 6. The molecule has 7 nitrogen and oxygen atoms in total. The third kappa shape index (κ3) is 3.16. The zero-order valence-corrected chi connectivity index (χ0v) is 14.0. The Morgan fingerprint density at radius 3 is 2.42 bits per heavy atom. The molecule has 1 heterocycles. The molecule has 0 aliphatic carbocycles. The van der Waals surface area contributed by atoms with Crippen LogP contribution in [0.3, 0.4) is 0 Å². The highest BCUT2D eigenvalue weighted by Gasteiger charge is 2.36. The summed E-state index contributed by atoms with van der Waals surface area (Å²) in [6.07, 6.45) is 0. The lowest BCUT2D eigenvalue weighted by Crippen LogP contribution is -2.30. The minimum absolute atomic E-state index is 0.146. The topological polar surface area (TPSA) is 98.5 Å². The zero-order chi connectivity index (χ0) is 18.0. The first-order valence-corrected chi connectivity index (χ1v) is 7.36. The molecule has 0 fully saturated rings. The lowest BCUT2D eigenvalue weighted by molar-refractivity contribution is -0.384. The van der Waals surface area contributed by atoms with E-state index in [2.05, 4.69) is 5.32 Å². The van der Waals surface area contributed by atoms with E-state index >= 15 is 0 Å². The van der Waals surface area contributed by atoms with E-state index in [9.17, 15) is 19.7 Å². The fourth-order valence-corrected chi connectivity index (χ4v) is 3.04. The molecule has 1 N–H and O–H groups in total. The Morgan fingerprint density at radius 2 is 1.88 bits per heavy atom. The maximum absolute atomic E-state index is 12.2. The molecule has 126 valence electrons. The minimum Gasteiger partial charge on any atom is -0.466 e. The van der Waals surface area contributed by atoms with E-state index in [0.717, 1.165) is 0 Å². The number of carbonyl (C=O) groups excluding carboxylic acids is 2. The van der Waals surface area contributed by atoms with Gasteiger partial charge in [0.1, 0.15) is 0 Å². The Labute approximate surface area is 143 Å². The molecule has 0 saturated carbocycles. The molecular weight excluding hydrogens is 336 g/mol. The van der Waals surface area contributed by atoms with Gasteiger partial charge in [0.15, 0.2) is 0 Å². The van der Waals surface area contributed by atoms with Crippen LogP contribution in [0, 0.1) is 10.1 Å². The predicted octanol–water partition coefficient (Wildman–Crippen LogP) is 2.77. The van der Waals surface area contributed by atoms with Gasteiger partial charge in [-0.2, -0.15) is 0 Å². The van der Waals surface area contributed by atoms with Gasteiger partial charge in [-0.15, -0.1) is 0 Å². The lowest BCUT2D eigenvalue weighted by atomic mass is 9.81. The third-order valence-corrected chi connectivity index (χ3v) is 4.00. The van der Waals surface area contributed by atoms with Crippen LogP contribution >= 0.6 is 11.6 Å². The number of carbonyl (C=O) groups is 2. The van der Waals surface area contributed by atoms with Crippen LogP contribution < -0.4 is 5.32 Å². The van der Waals surface area contributed by atoms with Crippen LogP contribution in [-0.2, 0) is 14.3 Å². The number of nitro benzene ring substituents is 1. The predicted molar refractivity (Wildman–Crippen MR) is 87.2 cm³/mol. The zero-order valence-electron chi connectivity index (χ0n) is 13.3. The normalized spacial score (nSPS) is 17.4. The summed E-state index contributed by atoms with van der Waals surface area (Å²) in [5, 5.41) is 13.2. The van der Waals surface area contributed by atoms with Gasteiger partial charge in [0.25, 0.3) is 10.9 Å². The number of benzene rings is 1. The van der Waals surface area contributed by atoms with Gasteiger partial charge in [-0.25, -0.2) is 4.79 Å². The van der Waals surface area contributed by atoms with Crippen molar-refractivity contribution in [2.24, 2.45) is 0 Å². The highest BCUT2D eigenvalue weighted by atomic mass is 35.5. The molecule has 1 aromatic carbocycles. The number of methoxy groups -OCH3 is 1. The van der Waals surface area contributed by atoms with Crippen LogP contribution in [-0.4, -0.2) is 23.2 Å². The summed E-state index contributed by atoms with van der Waals surface area (Å²) in [5.41, 5.74) is 1.59. The number of hydrogen-bond donors (Lipinski definition) is 1. The maximum Gasteiger partial charge on any atom is 0.336 e. The smallest absolute Gasteiger partial charge is 0.336 e. The maximum atomic E-state index is 12.2. The van der Waals surface area contributed by atoms with Crippen LogP contribution in [0.5, 0.6) is 0 Å². The number of ether oxygens (including phenoxy) is 1. The summed E-state index contributed by atoms with van der Waals surface area (Å²) in [4.78, 5) is 34.6. The number of esters is 1. The van der Waals surface area contributed by atoms with E-state index in [1.165, 1.54) is 25.3 Å². The van der Waals surface area contributed by atoms with Crippen molar-refractivity contribution < 1.29 is 19.2 Å². The number of dihydropyridines is 1. The minimum atomic E-state index is -0.844. The van der Waals surface area contributed by atoms with E-state index < -0.39 is 22.1 Å². The van der Waals surface area contributed by atoms with Gasteiger partial charge in [0.05, 0.1) is 17.6 Å². The van der Waals surface area contributed by atoms with Gasteiger partial charge in [0.2, 0.25) is 0 Å². The monoisotopic (exact) mass is 350 g/mol. The van der Waals surface area contributed by atoms with Crippen molar-refractivity contribution in [3.63, 3.8) is 0 Å². The number of allylic oxidation sites excluding steroid dienone is 3. The first-order chi connectivity index (χ1) is 11.3. The summed E-state index contributed by atoms with van der Waals surface area (Å²) in [5.74, 6) is -1.48. The van der Waals surface area contributed by atoms with E-state index in [1.807, 2.05) is 0 Å². The third-order valence-electron chi connectivity index (χ3n) is 3.79. The number of rotatable bonds is 4. The standard InChI is InChI=1S/C16H15ClN2O5/c1-8-12(15(17)20)14(13(9(2)18-8)16(21)24-3)10-5-4-6-11(7-10)19(22)23/h4-7,14,18H,1-3H3/t14-/m1/s1. The van der Waals surface area contributed by atoms with Gasteiger partial charge < -0.3 is 10.1 Å². The van der Waals surface area contributed by atoms with E-state index in [1.54, 1.807) is 19.9 Å². The van der Waals surface area contributed by atoms with Crippen LogP contribution in [0.25, 0.3) is 0 Å². The average molecular weight is 351 g/mol. The first-order valence-electron chi connectivity index (χ1n) is 6.99. The van der Waals surface area contributed by atoms with Crippen LogP contribution in [0.4, 0.5) is 5.69 Å². The molecule has 24 heavy (non-hydrogen) atoms. The Bertz CT molecular complexity index is 797. The van der Waals surface area contributed by atoms with Crippen molar-refractivity contribution in [1.82, 2.24) is 5.32 Å². The van der Waals surface area contributed by atoms with Crippen molar-refractivity contribution in [1.29, 1.82) is 0 Å². The molecule has 0 radical (unpaired) electrons. The summed E-state index contributed by atoms with van der Waals surface area (Å²) >= 11 is 5.71. The molecule has 0 unspecified atom stereocenters. The van der Waals surface area contributed by atoms with E-state index in [-0.39, 0.29) is 16.8 Å². The molecule has 1 atom stereocenters. The molecule has 1 aliphatic rings. The van der Waals surface area contributed by atoms with Crippen molar-refractivity contribution in [3.05, 3.63) is 62.5 Å². The Balaban J connectivity index is 2.72. The fraction of sp³-hybridized carbons (Fsp3) is 0.250. The van der Waals surface area contributed by atoms with Gasteiger partial charge in [-0.1, -0.05) is 12.1 Å². The van der Waals surface area contributed by atoms with Crippen molar-refractivity contribution in [3.8, 4) is 0 Å². The van der Waals surface area contributed by atoms with Crippen molar-refractivity contribution in [2.75, 3.05) is 7.11 Å². The number of non-ortho nitro benzene ring substituents is 1. The Kier molecular flexibility index (Phi) is 5.04. The number of nitrogens with zero attached hydrogens (tertiary/aromatic N) is 1. The highest BCUT2D eigenvalue weighted by Crippen LogP contribution is 2.40. The largest absolute Gasteiger partial charge is 0.466 e. The van der Waals surface area contributed by atoms with Gasteiger partial charge >= 0.3 is 5.97 Å². The summed E-state index contributed by atoms with van der Waals surface area (Å²) < 4.78 is 4.81. The van der Waals surface area contributed by atoms with Gasteiger partial charge in [0, 0.05) is 35.0 Å². The first kappa shape index (κ1) is 17.7. The molecule has 8 heteroatoms. The second kappa shape index (κ2) is 6.84.